The highest BCUT2D eigenvalue weighted by Gasteiger charge is 2.66. The molecule has 6 unspecified atom stereocenters. The van der Waals surface area contributed by atoms with E-state index in [1.54, 1.807) is 12.1 Å². The van der Waals surface area contributed by atoms with Crippen LogP contribution in [0.15, 0.2) is 36.4 Å². The fourth-order valence-electron chi connectivity index (χ4n) is 4.91. The number of rotatable bonds is 3. The van der Waals surface area contributed by atoms with Crippen molar-refractivity contribution in [1.82, 2.24) is 4.90 Å². The van der Waals surface area contributed by atoms with E-state index in [2.05, 4.69) is 17.5 Å². The van der Waals surface area contributed by atoms with E-state index in [0.29, 0.717) is 16.9 Å². The van der Waals surface area contributed by atoms with Gasteiger partial charge < -0.3 is 5.32 Å². The molecule has 118 valence electrons. The number of likely N-dealkylation sites (tertiary alicyclic amines) is 1. The number of amides is 2. The van der Waals surface area contributed by atoms with Crippen molar-refractivity contribution in [2.24, 2.45) is 35.5 Å². The molecule has 6 rings (SSSR count). The molecule has 3 fully saturated rings. The van der Waals surface area contributed by atoms with E-state index in [1.165, 1.54) is 11.3 Å². The van der Waals surface area contributed by atoms with Crippen molar-refractivity contribution in [3.8, 4) is 0 Å². The molecular weight excluding hydrogens is 312 g/mol. The highest BCUT2D eigenvalue weighted by Crippen LogP contribution is 2.65. The van der Waals surface area contributed by atoms with Gasteiger partial charge >= 0.3 is 0 Å². The lowest BCUT2D eigenvalue weighted by Gasteiger charge is -2.37. The molecule has 2 saturated carbocycles. The van der Waals surface area contributed by atoms with E-state index in [1.807, 2.05) is 12.1 Å². The Morgan fingerprint density at radius 1 is 1.00 bits per heavy atom. The van der Waals surface area contributed by atoms with Crippen molar-refractivity contribution in [2.45, 2.75) is 6.42 Å². The first-order valence-corrected chi connectivity index (χ1v) is 8.56. The van der Waals surface area contributed by atoms with Crippen LogP contribution in [0.5, 0.6) is 0 Å². The highest BCUT2D eigenvalue weighted by atomic mass is 35.5. The quantitative estimate of drug-likeness (QED) is 0.685. The molecule has 1 aliphatic heterocycles. The third kappa shape index (κ3) is 1.84. The van der Waals surface area contributed by atoms with E-state index in [-0.39, 0.29) is 42.2 Å². The number of nitrogens with zero attached hydrogens (tertiary/aromatic N) is 1. The first-order chi connectivity index (χ1) is 11.1. The van der Waals surface area contributed by atoms with Crippen molar-refractivity contribution in [2.75, 3.05) is 12.0 Å². The Morgan fingerprint density at radius 3 is 2.13 bits per heavy atom. The minimum absolute atomic E-state index is 0.00571. The van der Waals surface area contributed by atoms with E-state index in [9.17, 15) is 9.59 Å². The Morgan fingerprint density at radius 2 is 1.57 bits per heavy atom. The van der Waals surface area contributed by atoms with Gasteiger partial charge in [-0.15, -0.1) is 0 Å². The molecule has 1 aromatic rings. The van der Waals surface area contributed by atoms with Gasteiger partial charge in [-0.3, -0.25) is 14.5 Å². The Bertz CT molecular complexity index is 693. The fourth-order valence-corrected chi connectivity index (χ4v) is 5.04. The standard InChI is InChI=1S/C18H17ClN2O2/c19-9-1-3-10(4-2-9)20-8-21-17(22)15-11-5-6-12(14-7-13(11)14)16(15)18(21)23/h1-6,11-16,20H,7-8H2. The van der Waals surface area contributed by atoms with E-state index < -0.39 is 0 Å². The maximum atomic E-state index is 12.8. The molecule has 4 nitrogen and oxygen atoms in total. The van der Waals surface area contributed by atoms with Gasteiger partial charge in [-0.1, -0.05) is 23.8 Å². The minimum atomic E-state index is -0.117. The van der Waals surface area contributed by atoms with Crippen LogP contribution in [0.4, 0.5) is 5.69 Å². The Kier molecular flexibility index (Phi) is 2.72. The Labute approximate surface area is 139 Å². The molecule has 23 heavy (non-hydrogen) atoms. The van der Waals surface area contributed by atoms with Crippen LogP contribution in [0.3, 0.4) is 0 Å². The summed E-state index contributed by atoms with van der Waals surface area (Å²) in [5, 5.41) is 3.83. The maximum absolute atomic E-state index is 12.8. The summed E-state index contributed by atoms with van der Waals surface area (Å²) in [6, 6.07) is 7.27. The van der Waals surface area contributed by atoms with Gasteiger partial charge in [0, 0.05) is 10.7 Å². The van der Waals surface area contributed by atoms with Crippen LogP contribution in [-0.4, -0.2) is 23.4 Å². The highest BCUT2D eigenvalue weighted by molar-refractivity contribution is 6.30. The number of carbonyl (C=O) groups is 2. The van der Waals surface area contributed by atoms with Gasteiger partial charge in [-0.25, -0.2) is 0 Å². The number of hydrogen-bond donors (Lipinski definition) is 1. The number of hydrogen-bond acceptors (Lipinski definition) is 3. The normalized spacial score (nSPS) is 39.4. The molecule has 1 aromatic carbocycles. The summed E-state index contributed by atoms with van der Waals surface area (Å²) in [4.78, 5) is 27.0. The SMILES string of the molecule is O=C1C2C3C=CC(C4CC34)C2C(=O)N1CNc1ccc(Cl)cc1. The van der Waals surface area contributed by atoms with Gasteiger partial charge in [0.2, 0.25) is 11.8 Å². The average molecular weight is 329 g/mol. The largest absolute Gasteiger partial charge is 0.367 e. The molecule has 1 N–H and O–H groups in total. The van der Waals surface area contributed by atoms with Gasteiger partial charge in [0.15, 0.2) is 0 Å². The van der Waals surface area contributed by atoms with Crippen LogP contribution in [0.1, 0.15) is 6.42 Å². The lowest BCUT2D eigenvalue weighted by atomic mass is 9.63. The van der Waals surface area contributed by atoms with Crippen molar-refractivity contribution >= 4 is 29.1 Å². The Hall–Kier alpha value is -1.81. The van der Waals surface area contributed by atoms with Gasteiger partial charge in [0.25, 0.3) is 0 Å². The van der Waals surface area contributed by atoms with Crippen molar-refractivity contribution < 1.29 is 9.59 Å². The lowest BCUT2D eigenvalue weighted by molar-refractivity contribution is -0.139. The number of halogens is 1. The summed E-state index contributed by atoms with van der Waals surface area (Å²) >= 11 is 5.87. The molecule has 0 spiro atoms. The third-order valence-electron chi connectivity index (χ3n) is 6.04. The zero-order valence-corrected chi connectivity index (χ0v) is 13.2. The third-order valence-corrected chi connectivity index (χ3v) is 6.29. The topological polar surface area (TPSA) is 49.4 Å². The number of imide groups is 1. The molecule has 0 radical (unpaired) electrons. The number of nitrogens with one attached hydrogen (secondary N) is 1. The van der Waals surface area contributed by atoms with Gasteiger partial charge in [0.05, 0.1) is 18.5 Å². The minimum Gasteiger partial charge on any atom is -0.367 e. The number of carbonyl (C=O) groups excluding carboxylic acids is 2. The number of allylic oxidation sites excluding steroid dienone is 2. The van der Waals surface area contributed by atoms with E-state index in [4.69, 9.17) is 11.6 Å². The second-order valence-corrected chi connectivity index (χ2v) is 7.54. The predicted molar refractivity (Wildman–Crippen MR) is 86.5 cm³/mol. The first kappa shape index (κ1) is 13.6. The Balaban J connectivity index is 1.36. The molecule has 0 aromatic heterocycles. The lowest BCUT2D eigenvalue weighted by Crippen LogP contribution is -2.40. The zero-order valence-electron chi connectivity index (χ0n) is 12.5. The molecule has 5 heteroatoms. The summed E-state index contributed by atoms with van der Waals surface area (Å²) in [5.74, 6) is 1.64. The summed E-state index contributed by atoms with van der Waals surface area (Å²) < 4.78 is 0. The molecule has 5 aliphatic rings. The van der Waals surface area contributed by atoms with Crippen molar-refractivity contribution in [3.05, 3.63) is 41.4 Å². The summed E-state index contributed by atoms with van der Waals surface area (Å²) in [6.07, 6.45) is 5.58. The van der Waals surface area contributed by atoms with Crippen LogP contribution in [0.25, 0.3) is 0 Å². The second kappa shape index (κ2) is 4.60. The molecule has 4 aliphatic carbocycles. The van der Waals surface area contributed by atoms with Crippen LogP contribution in [0.2, 0.25) is 5.02 Å². The molecule has 2 bridgehead atoms. The van der Waals surface area contributed by atoms with Crippen LogP contribution < -0.4 is 5.32 Å². The second-order valence-electron chi connectivity index (χ2n) is 7.10. The van der Waals surface area contributed by atoms with E-state index >= 15 is 0 Å². The van der Waals surface area contributed by atoms with Crippen LogP contribution in [0, 0.1) is 35.5 Å². The molecule has 2 amide bonds. The molecule has 1 heterocycles. The first-order valence-electron chi connectivity index (χ1n) is 8.18. The summed E-state index contributed by atoms with van der Waals surface area (Å²) in [6.45, 7) is 0.237. The fraction of sp³-hybridized carbons (Fsp3) is 0.444. The summed E-state index contributed by atoms with van der Waals surface area (Å²) in [5.41, 5.74) is 0.855. The van der Waals surface area contributed by atoms with Gasteiger partial charge in [0.1, 0.15) is 0 Å². The van der Waals surface area contributed by atoms with Crippen molar-refractivity contribution in [3.63, 3.8) is 0 Å². The van der Waals surface area contributed by atoms with Crippen LogP contribution in [-0.2, 0) is 9.59 Å². The summed E-state index contributed by atoms with van der Waals surface area (Å²) in [7, 11) is 0. The molecular formula is C18H17ClN2O2. The average Bonchev–Trinajstić information content (AvgIpc) is 3.33. The molecule has 6 atom stereocenters. The van der Waals surface area contributed by atoms with Crippen LogP contribution >= 0.6 is 11.6 Å². The van der Waals surface area contributed by atoms with Gasteiger partial charge in [-0.05, 0) is 54.4 Å². The maximum Gasteiger partial charge on any atom is 0.235 e. The number of benzene rings is 1. The zero-order chi connectivity index (χ0) is 15.7. The smallest absolute Gasteiger partial charge is 0.235 e. The van der Waals surface area contributed by atoms with Gasteiger partial charge in [-0.2, -0.15) is 0 Å². The predicted octanol–water partition coefficient (Wildman–Crippen LogP) is 2.76. The molecule has 1 saturated heterocycles. The number of anilines is 1. The van der Waals surface area contributed by atoms with Crippen molar-refractivity contribution in [1.29, 1.82) is 0 Å². The monoisotopic (exact) mass is 328 g/mol. The van der Waals surface area contributed by atoms with E-state index in [0.717, 1.165) is 5.69 Å².